The van der Waals surface area contributed by atoms with E-state index in [0.29, 0.717) is 40.7 Å². The van der Waals surface area contributed by atoms with E-state index in [2.05, 4.69) is 29.3 Å². The molecule has 1 heterocycles. The molecule has 0 saturated carbocycles. The molecule has 3 aromatic rings. The van der Waals surface area contributed by atoms with Crippen LogP contribution in [0.4, 0.5) is 5.69 Å². The molecule has 0 saturated heterocycles. The zero-order chi connectivity index (χ0) is 29.5. The Hall–Kier alpha value is -4.40. The van der Waals surface area contributed by atoms with Crippen LogP contribution < -0.4 is 29.2 Å². The molecule has 1 N–H and O–H groups in total. The molecule has 1 aliphatic rings. The van der Waals surface area contributed by atoms with Crippen LogP contribution in [0.2, 0.25) is 0 Å². The number of benzene rings is 3. The van der Waals surface area contributed by atoms with Gasteiger partial charge in [0, 0.05) is 37.9 Å². The quantitative estimate of drug-likeness (QED) is 0.322. The van der Waals surface area contributed by atoms with Gasteiger partial charge in [0.15, 0.2) is 23.0 Å². The number of likely N-dealkylation sites (N-methyl/N-ethyl adjacent to an activating group) is 1. The highest BCUT2D eigenvalue weighted by Crippen LogP contribution is 2.46. The maximum Gasteiger partial charge on any atom is 0.254 e. The number of rotatable bonds is 12. The Labute approximate surface area is 241 Å². The molecule has 0 fully saturated rings. The number of nitrogens with zero attached hydrogens (tertiary/aromatic N) is 2. The van der Waals surface area contributed by atoms with Gasteiger partial charge in [-0.15, -0.1) is 0 Å². The van der Waals surface area contributed by atoms with Crippen LogP contribution in [0, 0.1) is 0 Å². The van der Waals surface area contributed by atoms with E-state index in [1.165, 1.54) is 14.2 Å². The highest BCUT2D eigenvalue weighted by molar-refractivity contribution is 6.02. The first kappa shape index (κ1) is 29.6. The zero-order valence-electron chi connectivity index (χ0n) is 24.6. The van der Waals surface area contributed by atoms with E-state index in [-0.39, 0.29) is 11.8 Å². The average Bonchev–Trinajstić information content (AvgIpc) is 3.01. The summed E-state index contributed by atoms with van der Waals surface area (Å²) >= 11 is 0. The molecule has 9 heteroatoms. The van der Waals surface area contributed by atoms with Gasteiger partial charge >= 0.3 is 0 Å². The first-order valence-electron chi connectivity index (χ1n) is 13.7. The first-order valence-corrected chi connectivity index (χ1v) is 13.7. The van der Waals surface area contributed by atoms with Crippen molar-refractivity contribution in [3.63, 3.8) is 0 Å². The van der Waals surface area contributed by atoms with Crippen molar-refractivity contribution < 1.29 is 28.5 Å². The second-order valence-electron chi connectivity index (χ2n) is 9.81. The van der Waals surface area contributed by atoms with E-state index < -0.39 is 12.0 Å². The number of hydrogen-bond acceptors (Lipinski definition) is 7. The highest BCUT2D eigenvalue weighted by atomic mass is 16.5. The lowest BCUT2D eigenvalue weighted by atomic mass is 9.79. The first-order chi connectivity index (χ1) is 19.9. The summed E-state index contributed by atoms with van der Waals surface area (Å²) in [6.45, 7) is 4.26. The standard InChI is InChI=1S/C32H39N3O6/c1-7-35(22-12-9-8-10-13-22)17-11-16-33-31(36)29-23-19-27(40-5)28(41-6)20-24(23)32(37)34(2)30(29)21-14-15-25(38-3)26(18-21)39-4/h8-10,12-15,18-20,29-30H,7,11,16-17H2,1-6H3,(H,33,36)/t29-,30+/m1/s1. The predicted octanol–water partition coefficient (Wildman–Crippen LogP) is 4.66. The Morgan fingerprint density at radius 2 is 1.51 bits per heavy atom. The van der Waals surface area contributed by atoms with Crippen molar-refractivity contribution in [2.75, 3.05) is 60.0 Å². The smallest absolute Gasteiger partial charge is 0.254 e. The van der Waals surface area contributed by atoms with Gasteiger partial charge < -0.3 is 34.1 Å². The van der Waals surface area contributed by atoms with Gasteiger partial charge in [-0.3, -0.25) is 9.59 Å². The Bertz CT molecular complexity index is 1360. The van der Waals surface area contributed by atoms with Crippen LogP contribution in [0.5, 0.6) is 23.0 Å². The van der Waals surface area contributed by atoms with Gasteiger partial charge in [0.2, 0.25) is 5.91 Å². The van der Waals surface area contributed by atoms with E-state index in [1.54, 1.807) is 44.4 Å². The summed E-state index contributed by atoms with van der Waals surface area (Å²) in [6, 6.07) is 18.5. The predicted molar refractivity (Wildman–Crippen MR) is 159 cm³/mol. The summed E-state index contributed by atoms with van der Waals surface area (Å²) in [5.41, 5.74) is 2.89. The Morgan fingerprint density at radius 3 is 2.15 bits per heavy atom. The normalized spacial score (nSPS) is 16.0. The van der Waals surface area contributed by atoms with Gasteiger partial charge in [0.25, 0.3) is 5.91 Å². The number of methoxy groups -OCH3 is 4. The summed E-state index contributed by atoms with van der Waals surface area (Å²) in [7, 11) is 7.89. The number of hydrogen-bond donors (Lipinski definition) is 1. The van der Waals surface area contributed by atoms with Crippen molar-refractivity contribution in [3.8, 4) is 23.0 Å². The average molecular weight is 562 g/mol. The van der Waals surface area contributed by atoms with E-state index in [0.717, 1.165) is 30.8 Å². The molecular formula is C32H39N3O6. The van der Waals surface area contributed by atoms with E-state index in [9.17, 15) is 9.59 Å². The van der Waals surface area contributed by atoms with Crippen molar-refractivity contribution in [1.29, 1.82) is 0 Å². The molecule has 218 valence electrons. The van der Waals surface area contributed by atoms with Gasteiger partial charge in [-0.05, 0) is 60.9 Å². The molecule has 2 atom stereocenters. The number of ether oxygens (including phenoxy) is 4. The fraction of sp³-hybridized carbons (Fsp3) is 0.375. The van der Waals surface area contributed by atoms with Crippen LogP contribution in [0.1, 0.15) is 46.8 Å². The number of amides is 2. The Morgan fingerprint density at radius 1 is 0.878 bits per heavy atom. The number of anilines is 1. The van der Waals surface area contributed by atoms with Crippen LogP contribution in [0.15, 0.2) is 60.7 Å². The molecule has 0 unspecified atom stereocenters. The molecule has 0 radical (unpaired) electrons. The van der Waals surface area contributed by atoms with Crippen molar-refractivity contribution >= 4 is 17.5 Å². The minimum absolute atomic E-state index is 0.180. The van der Waals surface area contributed by atoms with Crippen molar-refractivity contribution in [2.24, 2.45) is 0 Å². The summed E-state index contributed by atoms with van der Waals surface area (Å²) in [4.78, 5) is 31.6. The molecule has 3 aromatic carbocycles. The van der Waals surface area contributed by atoms with Gasteiger partial charge in [0.05, 0.1) is 40.4 Å². The van der Waals surface area contributed by atoms with Crippen molar-refractivity contribution in [3.05, 3.63) is 77.4 Å². The topological polar surface area (TPSA) is 89.6 Å². The molecule has 9 nitrogen and oxygen atoms in total. The molecule has 2 amide bonds. The molecule has 0 spiro atoms. The third-order valence-electron chi connectivity index (χ3n) is 7.61. The summed E-state index contributed by atoms with van der Waals surface area (Å²) < 4.78 is 22.0. The lowest BCUT2D eigenvalue weighted by Gasteiger charge is -2.40. The van der Waals surface area contributed by atoms with Crippen LogP contribution in [-0.2, 0) is 4.79 Å². The molecule has 41 heavy (non-hydrogen) atoms. The molecule has 0 aromatic heterocycles. The molecule has 1 aliphatic heterocycles. The van der Waals surface area contributed by atoms with E-state index in [4.69, 9.17) is 18.9 Å². The fourth-order valence-corrected chi connectivity index (χ4v) is 5.48. The van der Waals surface area contributed by atoms with Gasteiger partial charge in [-0.2, -0.15) is 0 Å². The minimum Gasteiger partial charge on any atom is -0.493 e. The molecule has 0 bridgehead atoms. The van der Waals surface area contributed by atoms with Crippen LogP contribution in [0.3, 0.4) is 0 Å². The van der Waals surface area contributed by atoms with Gasteiger partial charge in [0.1, 0.15) is 0 Å². The number of carbonyl (C=O) groups excluding carboxylic acids is 2. The zero-order valence-corrected chi connectivity index (χ0v) is 24.6. The van der Waals surface area contributed by atoms with Crippen LogP contribution in [-0.4, -0.2) is 71.8 Å². The third kappa shape index (κ3) is 6.04. The lowest BCUT2D eigenvalue weighted by molar-refractivity contribution is -0.124. The lowest BCUT2D eigenvalue weighted by Crippen LogP contribution is -2.46. The highest BCUT2D eigenvalue weighted by Gasteiger charge is 2.43. The van der Waals surface area contributed by atoms with E-state index >= 15 is 0 Å². The third-order valence-corrected chi connectivity index (χ3v) is 7.61. The second-order valence-corrected chi connectivity index (χ2v) is 9.81. The number of para-hydroxylation sites is 1. The van der Waals surface area contributed by atoms with Crippen molar-refractivity contribution in [1.82, 2.24) is 10.2 Å². The maximum absolute atomic E-state index is 14.0. The monoisotopic (exact) mass is 561 g/mol. The molecule has 4 rings (SSSR count). The summed E-state index contributed by atoms with van der Waals surface area (Å²) in [5.74, 6) is 0.858. The number of carbonyl (C=O) groups is 2. The van der Waals surface area contributed by atoms with Crippen molar-refractivity contribution in [2.45, 2.75) is 25.3 Å². The van der Waals surface area contributed by atoms with Gasteiger partial charge in [-0.25, -0.2) is 0 Å². The summed E-state index contributed by atoms with van der Waals surface area (Å²) in [6.07, 6.45) is 0.760. The minimum atomic E-state index is -0.706. The maximum atomic E-state index is 14.0. The molecule has 0 aliphatic carbocycles. The Balaban J connectivity index is 1.67. The fourth-order valence-electron chi connectivity index (χ4n) is 5.48. The number of fused-ring (bicyclic) bond motifs is 1. The second kappa shape index (κ2) is 13.3. The molecular weight excluding hydrogens is 522 g/mol. The van der Waals surface area contributed by atoms with E-state index in [1.807, 2.05) is 30.3 Å². The largest absolute Gasteiger partial charge is 0.493 e. The summed E-state index contributed by atoms with van der Waals surface area (Å²) in [5, 5.41) is 3.14. The number of nitrogens with one attached hydrogen (secondary N) is 1. The van der Waals surface area contributed by atoms with Crippen LogP contribution in [0.25, 0.3) is 0 Å². The van der Waals surface area contributed by atoms with Gasteiger partial charge in [-0.1, -0.05) is 24.3 Å². The Kier molecular flexibility index (Phi) is 9.60. The SMILES string of the molecule is CCN(CCCNC(=O)[C@@H]1c2cc(OC)c(OC)cc2C(=O)N(C)[C@H]1c1ccc(OC)c(OC)c1)c1ccccc1. The van der Waals surface area contributed by atoms with Crippen LogP contribution >= 0.6 is 0 Å².